The summed E-state index contributed by atoms with van der Waals surface area (Å²) in [6.07, 6.45) is 9.47. The Bertz CT molecular complexity index is 1010. The predicted octanol–water partition coefficient (Wildman–Crippen LogP) is 3.61. The topological polar surface area (TPSA) is 75.8 Å². The molecule has 0 bridgehead atoms. The van der Waals surface area contributed by atoms with Crippen LogP contribution >= 0.6 is 0 Å². The highest BCUT2D eigenvalue weighted by Crippen LogP contribution is 2.32. The van der Waals surface area contributed by atoms with E-state index in [1.165, 1.54) is 24.0 Å². The van der Waals surface area contributed by atoms with Gasteiger partial charge in [-0.05, 0) is 42.9 Å². The van der Waals surface area contributed by atoms with Gasteiger partial charge in [-0.25, -0.2) is 9.98 Å². The van der Waals surface area contributed by atoms with Crippen molar-refractivity contribution in [3.8, 4) is 0 Å². The molecule has 1 aromatic heterocycles. The van der Waals surface area contributed by atoms with Crippen LogP contribution in [0.3, 0.4) is 0 Å². The third-order valence-electron chi connectivity index (χ3n) is 5.88. The van der Waals surface area contributed by atoms with E-state index < -0.39 is 0 Å². The smallest absolute Gasteiger partial charge is 0.282 e. The van der Waals surface area contributed by atoms with Crippen LogP contribution in [0.1, 0.15) is 25.7 Å². The average molecular weight is 390 g/mol. The van der Waals surface area contributed by atoms with Gasteiger partial charge in [0.15, 0.2) is 0 Å². The first kappa shape index (κ1) is 18.0. The maximum atomic E-state index is 5.65. The number of hydrogen-bond donors (Lipinski definition) is 2. The van der Waals surface area contributed by atoms with Crippen molar-refractivity contribution in [2.75, 3.05) is 36.4 Å². The Labute approximate surface area is 171 Å². The minimum absolute atomic E-state index is 0.0244. The predicted molar refractivity (Wildman–Crippen MR) is 118 cm³/mol. The number of benzene rings is 1. The highest BCUT2D eigenvalue weighted by Gasteiger charge is 2.21. The minimum atomic E-state index is -0.0244. The Kier molecular flexibility index (Phi) is 4.84. The first-order valence-electron chi connectivity index (χ1n) is 10.5. The number of amidine groups is 1. The zero-order valence-corrected chi connectivity index (χ0v) is 16.6. The van der Waals surface area contributed by atoms with E-state index in [2.05, 4.69) is 51.6 Å². The Hall–Kier alpha value is -3.02. The van der Waals surface area contributed by atoms with Gasteiger partial charge in [0, 0.05) is 30.2 Å². The number of aromatic nitrogens is 1. The molecule has 0 saturated carbocycles. The van der Waals surface area contributed by atoms with E-state index in [-0.39, 0.29) is 12.1 Å². The molecule has 6 heteroatoms. The van der Waals surface area contributed by atoms with E-state index >= 15 is 0 Å². The average Bonchev–Trinajstić information content (AvgIpc) is 3.04. The molecule has 6 nitrogen and oxygen atoms in total. The van der Waals surface area contributed by atoms with Gasteiger partial charge in [-0.15, -0.1) is 0 Å². The molecule has 1 saturated heterocycles. The maximum Gasteiger partial charge on any atom is 0.282 e. The van der Waals surface area contributed by atoms with Gasteiger partial charge < -0.3 is 20.7 Å². The molecule has 1 aliphatic carbocycles. The van der Waals surface area contributed by atoms with E-state index in [1.807, 2.05) is 6.07 Å². The first-order valence-corrected chi connectivity index (χ1v) is 10.5. The fourth-order valence-corrected chi connectivity index (χ4v) is 4.38. The van der Waals surface area contributed by atoms with Gasteiger partial charge in [0.2, 0.25) is 0 Å². The number of ether oxygens (including phenoxy) is 1. The quantitative estimate of drug-likeness (QED) is 0.836. The van der Waals surface area contributed by atoms with Crippen LogP contribution in [0.25, 0.3) is 10.9 Å². The molecular weight excluding hydrogens is 362 g/mol. The third-order valence-corrected chi connectivity index (χ3v) is 5.88. The van der Waals surface area contributed by atoms with Gasteiger partial charge in [0.05, 0.1) is 18.6 Å². The summed E-state index contributed by atoms with van der Waals surface area (Å²) in [4.78, 5) is 11.5. The lowest BCUT2D eigenvalue weighted by Crippen LogP contribution is -2.27. The molecule has 1 atom stereocenters. The number of aliphatic imine (C=N–C) groups is 1. The van der Waals surface area contributed by atoms with Gasteiger partial charge in [0.25, 0.3) is 6.02 Å². The first-order chi connectivity index (χ1) is 14.3. The number of nitrogens with two attached hydrogens (primary N) is 1. The second-order valence-corrected chi connectivity index (χ2v) is 7.91. The van der Waals surface area contributed by atoms with Crippen LogP contribution in [0, 0.1) is 0 Å². The fourth-order valence-electron chi connectivity index (χ4n) is 4.38. The van der Waals surface area contributed by atoms with Crippen molar-refractivity contribution in [2.45, 2.75) is 31.8 Å². The van der Waals surface area contributed by atoms with E-state index in [0.717, 1.165) is 48.3 Å². The number of nitrogens with one attached hydrogen (secondary N) is 1. The van der Waals surface area contributed by atoms with Gasteiger partial charge in [-0.1, -0.05) is 30.4 Å². The number of hydrogen-bond acceptors (Lipinski definition) is 6. The zero-order chi connectivity index (χ0) is 19.6. The number of nitrogens with zero attached hydrogens (tertiary/aromatic N) is 3. The van der Waals surface area contributed by atoms with Crippen LogP contribution in [0.2, 0.25) is 0 Å². The number of allylic oxidation sites excluding steroid dienone is 2. The fraction of sp³-hybridized carbons (Fsp3) is 0.391. The number of para-hydroxylation sites is 1. The van der Waals surface area contributed by atoms with Crippen LogP contribution in [-0.2, 0) is 4.74 Å². The molecule has 3 aliphatic rings. The SMILES string of the molecule is NC1=NCC(CNc2cc(N3CCCC4=CCCC=C4C3)nc3ccccc23)O1. The Morgan fingerprint density at radius 2 is 2.03 bits per heavy atom. The minimum Gasteiger partial charge on any atom is -0.458 e. The summed E-state index contributed by atoms with van der Waals surface area (Å²) in [5.41, 5.74) is 10.7. The third kappa shape index (κ3) is 3.79. The van der Waals surface area contributed by atoms with Crippen molar-refractivity contribution in [1.29, 1.82) is 0 Å². The van der Waals surface area contributed by atoms with Crippen molar-refractivity contribution >= 4 is 28.4 Å². The lowest BCUT2D eigenvalue weighted by Gasteiger charge is -2.25. The molecule has 0 spiro atoms. The summed E-state index contributed by atoms with van der Waals surface area (Å²) >= 11 is 0. The van der Waals surface area contributed by atoms with Crippen LogP contribution in [0.5, 0.6) is 0 Å². The largest absolute Gasteiger partial charge is 0.458 e. The lowest BCUT2D eigenvalue weighted by atomic mass is 9.95. The van der Waals surface area contributed by atoms with Gasteiger partial charge in [-0.3, -0.25) is 0 Å². The van der Waals surface area contributed by atoms with Crippen molar-refractivity contribution in [3.05, 3.63) is 53.6 Å². The van der Waals surface area contributed by atoms with Crippen LogP contribution in [-0.4, -0.2) is 43.3 Å². The Balaban J connectivity index is 1.43. The molecule has 29 heavy (non-hydrogen) atoms. The number of anilines is 2. The summed E-state index contributed by atoms with van der Waals surface area (Å²) in [7, 11) is 0. The van der Waals surface area contributed by atoms with Gasteiger partial charge >= 0.3 is 0 Å². The van der Waals surface area contributed by atoms with Crippen LogP contribution < -0.4 is 16.0 Å². The molecule has 2 aliphatic heterocycles. The summed E-state index contributed by atoms with van der Waals surface area (Å²) in [6, 6.07) is 10.8. The van der Waals surface area contributed by atoms with Crippen molar-refractivity contribution in [2.24, 2.45) is 10.7 Å². The molecular formula is C23H27N5O. The van der Waals surface area contributed by atoms with E-state index in [9.17, 15) is 0 Å². The molecule has 0 radical (unpaired) electrons. The van der Waals surface area contributed by atoms with Crippen LogP contribution in [0.4, 0.5) is 11.5 Å². The molecule has 3 heterocycles. The molecule has 3 N–H and O–H groups in total. The summed E-state index contributed by atoms with van der Waals surface area (Å²) in [5.74, 6) is 1.03. The highest BCUT2D eigenvalue weighted by molar-refractivity contribution is 5.93. The monoisotopic (exact) mass is 389 g/mol. The summed E-state index contributed by atoms with van der Waals surface area (Å²) in [5, 5.41) is 4.68. The van der Waals surface area contributed by atoms with E-state index in [1.54, 1.807) is 0 Å². The Morgan fingerprint density at radius 3 is 2.90 bits per heavy atom. The standard InChI is InChI=1S/C23H27N5O/c24-23-26-14-18(29-23)13-25-21-12-22(27-20-10-4-3-9-19(20)21)28-11-5-8-16-6-1-2-7-17(16)15-28/h3-4,6-7,9-10,12,18H,1-2,5,8,11,13-15H2,(H2,24,26)(H,25,27). The zero-order valence-electron chi connectivity index (χ0n) is 16.6. The lowest BCUT2D eigenvalue weighted by molar-refractivity contribution is 0.234. The Morgan fingerprint density at radius 1 is 1.17 bits per heavy atom. The van der Waals surface area contributed by atoms with Crippen molar-refractivity contribution in [3.63, 3.8) is 0 Å². The number of pyridine rings is 1. The normalized spacial score (nSPS) is 21.6. The number of fused-ring (bicyclic) bond motifs is 2. The summed E-state index contributed by atoms with van der Waals surface area (Å²) in [6.45, 7) is 3.22. The van der Waals surface area contributed by atoms with Crippen LogP contribution in [0.15, 0.2) is 58.6 Å². The number of rotatable bonds is 4. The van der Waals surface area contributed by atoms with Crippen molar-refractivity contribution < 1.29 is 4.74 Å². The summed E-state index contributed by atoms with van der Waals surface area (Å²) < 4.78 is 5.54. The molecule has 5 rings (SSSR count). The molecule has 2 aromatic rings. The molecule has 1 unspecified atom stereocenters. The second kappa shape index (κ2) is 7.78. The maximum absolute atomic E-state index is 5.65. The molecule has 150 valence electrons. The molecule has 1 fully saturated rings. The van der Waals surface area contributed by atoms with E-state index in [0.29, 0.717) is 13.1 Å². The van der Waals surface area contributed by atoms with Gasteiger partial charge in [0.1, 0.15) is 11.9 Å². The molecule has 1 aromatic carbocycles. The van der Waals surface area contributed by atoms with E-state index in [4.69, 9.17) is 15.5 Å². The second-order valence-electron chi connectivity index (χ2n) is 7.91. The molecule has 0 amide bonds. The highest BCUT2D eigenvalue weighted by atomic mass is 16.5. The van der Waals surface area contributed by atoms with Gasteiger partial charge in [-0.2, -0.15) is 0 Å². The van der Waals surface area contributed by atoms with Crippen molar-refractivity contribution in [1.82, 2.24) is 4.98 Å².